The minimum Gasteiger partial charge on any atom is -0.444 e. The summed E-state index contributed by atoms with van der Waals surface area (Å²) in [6, 6.07) is -0.00168. The van der Waals surface area contributed by atoms with Gasteiger partial charge in [-0.1, -0.05) is 44.1 Å². The Balaban J connectivity index is 1.81. The molecule has 158 valence electrons. The average Bonchev–Trinajstić information content (AvgIpc) is 3.33. The van der Waals surface area contributed by atoms with Crippen LogP contribution in [-0.2, 0) is 19.1 Å². The second-order valence-corrected chi connectivity index (χ2v) is 9.72. The summed E-state index contributed by atoms with van der Waals surface area (Å²) >= 11 is 0. The summed E-state index contributed by atoms with van der Waals surface area (Å²) in [7, 11) is 0. The fraction of sp³-hybridized carbons (Fsp3) is 0.667. The Morgan fingerprint density at radius 2 is 2.00 bits per heavy atom. The number of rotatable bonds is 2. The molecule has 3 heterocycles. The molecule has 5 heteroatoms. The predicted molar refractivity (Wildman–Crippen MR) is 111 cm³/mol. The largest absolute Gasteiger partial charge is 0.444 e. The predicted octanol–water partition coefficient (Wildman–Crippen LogP) is 3.71. The number of carbonyl (C=O) groups is 2. The first kappa shape index (κ1) is 20.4. The molecule has 0 saturated carbocycles. The molecule has 1 aliphatic carbocycles. The zero-order chi connectivity index (χ0) is 20.9. The van der Waals surface area contributed by atoms with Crippen LogP contribution in [0.3, 0.4) is 0 Å². The second kappa shape index (κ2) is 7.42. The van der Waals surface area contributed by atoms with Crippen molar-refractivity contribution in [3.05, 3.63) is 35.5 Å². The molecule has 2 saturated heterocycles. The van der Waals surface area contributed by atoms with Gasteiger partial charge < -0.3 is 14.8 Å². The Hall–Kier alpha value is -1.88. The molecule has 5 nitrogen and oxygen atoms in total. The van der Waals surface area contributed by atoms with Gasteiger partial charge in [0, 0.05) is 24.0 Å². The van der Waals surface area contributed by atoms with E-state index in [1.807, 2.05) is 0 Å². The van der Waals surface area contributed by atoms with Crippen LogP contribution in [0, 0.1) is 23.7 Å². The van der Waals surface area contributed by atoms with Crippen molar-refractivity contribution in [1.82, 2.24) is 5.32 Å². The molecular formula is C24H33NO4. The van der Waals surface area contributed by atoms with Gasteiger partial charge in [-0.2, -0.15) is 0 Å². The van der Waals surface area contributed by atoms with Gasteiger partial charge in [0.2, 0.25) is 5.60 Å². The lowest BCUT2D eigenvalue weighted by molar-refractivity contribution is -0.172. The van der Waals surface area contributed by atoms with Crippen molar-refractivity contribution in [3.63, 3.8) is 0 Å². The Morgan fingerprint density at radius 3 is 2.72 bits per heavy atom. The molecule has 4 rings (SSSR count). The van der Waals surface area contributed by atoms with Crippen molar-refractivity contribution in [1.29, 1.82) is 0 Å². The van der Waals surface area contributed by atoms with Crippen LogP contribution in [0.4, 0.5) is 0 Å². The van der Waals surface area contributed by atoms with Crippen molar-refractivity contribution in [2.24, 2.45) is 23.7 Å². The second-order valence-electron chi connectivity index (χ2n) is 9.72. The van der Waals surface area contributed by atoms with Crippen molar-refractivity contribution >= 4 is 11.9 Å². The Morgan fingerprint density at radius 1 is 1.24 bits per heavy atom. The first-order valence-electron chi connectivity index (χ1n) is 11.0. The van der Waals surface area contributed by atoms with Gasteiger partial charge in [0.15, 0.2) is 0 Å². The van der Waals surface area contributed by atoms with Crippen LogP contribution in [0.15, 0.2) is 35.5 Å². The van der Waals surface area contributed by atoms with Gasteiger partial charge >= 0.3 is 5.97 Å². The zero-order valence-electron chi connectivity index (χ0n) is 18.1. The maximum atomic E-state index is 13.5. The van der Waals surface area contributed by atoms with Crippen molar-refractivity contribution in [2.75, 3.05) is 0 Å². The van der Waals surface area contributed by atoms with E-state index in [1.54, 1.807) is 6.08 Å². The summed E-state index contributed by atoms with van der Waals surface area (Å²) in [5, 5.41) is 3.21. The number of amides is 1. The molecule has 0 aromatic carbocycles. The first-order valence-corrected chi connectivity index (χ1v) is 11.0. The molecule has 1 spiro atoms. The number of ether oxygens (including phenoxy) is 2. The number of hydrogen-bond donors (Lipinski definition) is 1. The monoisotopic (exact) mass is 399 g/mol. The molecule has 1 N–H and O–H groups in total. The highest BCUT2D eigenvalue weighted by molar-refractivity contribution is 5.94. The van der Waals surface area contributed by atoms with Gasteiger partial charge in [-0.25, -0.2) is 4.79 Å². The zero-order valence-corrected chi connectivity index (χ0v) is 18.1. The Kier molecular flexibility index (Phi) is 5.22. The fourth-order valence-electron chi connectivity index (χ4n) is 5.52. The summed E-state index contributed by atoms with van der Waals surface area (Å²) in [6.07, 6.45) is 10.4. The van der Waals surface area contributed by atoms with Crippen LogP contribution in [-0.4, -0.2) is 35.7 Å². The van der Waals surface area contributed by atoms with E-state index in [2.05, 4.69) is 52.1 Å². The Labute approximate surface area is 173 Å². The number of fused-ring (bicyclic) bond motifs is 1. The van der Waals surface area contributed by atoms with E-state index in [4.69, 9.17) is 9.47 Å². The molecule has 2 fully saturated rings. The molecule has 0 aromatic rings. The summed E-state index contributed by atoms with van der Waals surface area (Å²) in [6.45, 7) is 10.7. The SMILES string of the molecule is CC1=CC2/C=C(\C)CCC3OC3/C=C/C(=O)OC23C(=O)NC(CC(C)C)C3C1C. The molecule has 1 amide bonds. The fourth-order valence-corrected chi connectivity index (χ4v) is 5.52. The third kappa shape index (κ3) is 3.58. The van der Waals surface area contributed by atoms with E-state index in [1.165, 1.54) is 17.2 Å². The van der Waals surface area contributed by atoms with Crippen LogP contribution < -0.4 is 5.32 Å². The van der Waals surface area contributed by atoms with E-state index in [-0.39, 0.29) is 41.9 Å². The molecule has 0 radical (unpaired) electrons. The van der Waals surface area contributed by atoms with Crippen LogP contribution in [0.1, 0.15) is 53.9 Å². The number of nitrogens with one attached hydrogen (secondary N) is 1. The lowest BCUT2D eigenvalue weighted by Crippen LogP contribution is -2.56. The number of epoxide rings is 1. The number of esters is 1. The molecule has 7 atom stereocenters. The molecule has 0 aromatic heterocycles. The molecule has 29 heavy (non-hydrogen) atoms. The van der Waals surface area contributed by atoms with Crippen molar-refractivity contribution < 1.29 is 19.1 Å². The van der Waals surface area contributed by atoms with Crippen molar-refractivity contribution in [3.8, 4) is 0 Å². The van der Waals surface area contributed by atoms with E-state index in [9.17, 15) is 9.59 Å². The maximum Gasteiger partial charge on any atom is 0.331 e. The molecular weight excluding hydrogens is 366 g/mol. The van der Waals surface area contributed by atoms with E-state index >= 15 is 0 Å². The number of carbonyl (C=O) groups excluding carboxylic acids is 2. The first-order chi connectivity index (χ1) is 13.7. The van der Waals surface area contributed by atoms with E-state index in [0.717, 1.165) is 19.3 Å². The molecule has 4 aliphatic rings. The third-order valence-electron chi connectivity index (χ3n) is 7.12. The highest BCUT2D eigenvalue weighted by Crippen LogP contribution is 2.51. The normalized spacial score (nSPS) is 44.6. The number of hydrogen-bond acceptors (Lipinski definition) is 4. The standard InChI is InChI=1S/C24H33NO4/c1-13(2)10-18-22-16(5)15(4)12-17-11-14(3)6-7-19-20(28-19)8-9-21(26)29-24(17,22)23(27)25-18/h8-9,11-13,16-20,22H,6-7,10H2,1-5H3,(H,25,27)/b9-8+,14-11+. The lowest BCUT2D eigenvalue weighted by Gasteiger charge is -2.44. The Bertz CT molecular complexity index is 795. The van der Waals surface area contributed by atoms with Gasteiger partial charge in [0.05, 0.1) is 6.10 Å². The van der Waals surface area contributed by atoms with Crippen LogP contribution >= 0.6 is 0 Å². The summed E-state index contributed by atoms with van der Waals surface area (Å²) in [5.41, 5.74) is 1.28. The number of allylic oxidation sites excluding steroid dienone is 2. The quantitative estimate of drug-likeness (QED) is 0.437. The minimum atomic E-state index is -1.19. The summed E-state index contributed by atoms with van der Waals surface area (Å²) in [4.78, 5) is 26.3. The van der Waals surface area contributed by atoms with Gasteiger partial charge in [0.1, 0.15) is 6.10 Å². The topological polar surface area (TPSA) is 67.9 Å². The molecule has 7 unspecified atom stereocenters. The maximum absolute atomic E-state index is 13.5. The summed E-state index contributed by atoms with van der Waals surface area (Å²) < 4.78 is 11.7. The van der Waals surface area contributed by atoms with E-state index < -0.39 is 11.6 Å². The highest BCUT2D eigenvalue weighted by atomic mass is 16.6. The van der Waals surface area contributed by atoms with Gasteiger partial charge in [0.25, 0.3) is 5.91 Å². The highest BCUT2D eigenvalue weighted by Gasteiger charge is 2.64. The van der Waals surface area contributed by atoms with Gasteiger partial charge in [-0.15, -0.1) is 0 Å². The minimum absolute atomic E-state index is 0.00168. The van der Waals surface area contributed by atoms with Gasteiger partial charge in [-0.3, -0.25) is 4.79 Å². The van der Waals surface area contributed by atoms with E-state index in [0.29, 0.717) is 5.92 Å². The van der Waals surface area contributed by atoms with Crippen molar-refractivity contribution in [2.45, 2.75) is 77.7 Å². The van der Waals surface area contributed by atoms with Crippen LogP contribution in [0.5, 0.6) is 0 Å². The van der Waals surface area contributed by atoms with Crippen LogP contribution in [0.25, 0.3) is 0 Å². The summed E-state index contributed by atoms with van der Waals surface area (Å²) in [5.74, 6) is -0.354. The lowest BCUT2D eigenvalue weighted by atomic mass is 9.63. The third-order valence-corrected chi connectivity index (χ3v) is 7.12. The average molecular weight is 400 g/mol. The molecule has 0 bridgehead atoms. The smallest absolute Gasteiger partial charge is 0.331 e. The van der Waals surface area contributed by atoms with Crippen LogP contribution in [0.2, 0.25) is 0 Å². The van der Waals surface area contributed by atoms with Gasteiger partial charge in [-0.05, 0) is 51.0 Å². The molecule has 3 aliphatic heterocycles.